The number of ether oxygens (including phenoxy) is 2. The molecule has 0 radical (unpaired) electrons. The summed E-state index contributed by atoms with van der Waals surface area (Å²) in [5, 5.41) is 4.02. The summed E-state index contributed by atoms with van der Waals surface area (Å²) in [4.78, 5) is 12.0. The number of methoxy groups -OCH3 is 1. The van der Waals surface area contributed by atoms with Crippen LogP contribution in [0.3, 0.4) is 0 Å². The molecule has 0 fully saturated rings. The maximum Gasteiger partial charge on any atom is 0.271 e. The van der Waals surface area contributed by atoms with Gasteiger partial charge in [0.25, 0.3) is 5.91 Å². The highest BCUT2D eigenvalue weighted by atomic mass is 127. The van der Waals surface area contributed by atoms with Gasteiger partial charge in [-0.2, -0.15) is 5.10 Å². The van der Waals surface area contributed by atoms with Crippen LogP contribution in [0.15, 0.2) is 41.5 Å². The fraction of sp³-hybridized carbons (Fsp3) is 0.176. The Balaban J connectivity index is 2.12. The van der Waals surface area contributed by atoms with Crippen molar-refractivity contribution in [2.75, 3.05) is 13.7 Å². The van der Waals surface area contributed by atoms with Gasteiger partial charge in [0.15, 0.2) is 11.5 Å². The number of hydrazone groups is 1. The first kappa shape index (κ1) is 19.0. The van der Waals surface area contributed by atoms with E-state index >= 15 is 0 Å². The molecule has 1 N–H and O–H groups in total. The van der Waals surface area contributed by atoms with Gasteiger partial charge in [-0.3, -0.25) is 4.79 Å². The van der Waals surface area contributed by atoms with Gasteiger partial charge in [-0.15, -0.1) is 0 Å². The molecule has 0 aromatic heterocycles. The second-order valence-electron chi connectivity index (χ2n) is 4.68. The standard InChI is InChI=1S/C17H16I2N2O3/c1-3-24-15-8-11(7-14(19)16(15)23-2)10-20-21-17(22)12-5-4-6-13(18)9-12/h4-10H,3H2,1-2H3,(H,21,22)/b20-10-. The SMILES string of the molecule is CCOc1cc(/C=N\NC(=O)c2cccc(I)c2)cc(I)c1OC. The van der Waals surface area contributed by atoms with Crippen LogP contribution in [0.5, 0.6) is 11.5 Å². The highest BCUT2D eigenvalue weighted by molar-refractivity contribution is 14.1. The van der Waals surface area contributed by atoms with Crippen LogP contribution in [0.2, 0.25) is 0 Å². The normalized spacial score (nSPS) is 10.7. The summed E-state index contributed by atoms with van der Waals surface area (Å²) in [5.74, 6) is 1.09. The van der Waals surface area contributed by atoms with Gasteiger partial charge in [-0.05, 0) is 88.0 Å². The van der Waals surface area contributed by atoms with E-state index < -0.39 is 0 Å². The van der Waals surface area contributed by atoms with Gasteiger partial charge < -0.3 is 9.47 Å². The summed E-state index contributed by atoms with van der Waals surface area (Å²) < 4.78 is 12.8. The number of rotatable bonds is 6. The zero-order chi connectivity index (χ0) is 17.5. The van der Waals surface area contributed by atoms with Gasteiger partial charge in [0.2, 0.25) is 0 Å². The van der Waals surface area contributed by atoms with Crippen molar-refractivity contribution < 1.29 is 14.3 Å². The van der Waals surface area contributed by atoms with Gasteiger partial charge in [0.05, 0.1) is 23.5 Å². The molecule has 0 aliphatic rings. The Morgan fingerprint density at radius 3 is 2.75 bits per heavy atom. The van der Waals surface area contributed by atoms with E-state index in [9.17, 15) is 4.79 Å². The van der Waals surface area contributed by atoms with Gasteiger partial charge in [-0.25, -0.2) is 5.43 Å². The summed E-state index contributed by atoms with van der Waals surface area (Å²) in [7, 11) is 1.61. The minimum Gasteiger partial charge on any atom is -0.492 e. The predicted octanol–water partition coefficient (Wildman–Crippen LogP) is 4.07. The van der Waals surface area contributed by atoms with Gasteiger partial charge in [-0.1, -0.05) is 6.07 Å². The molecule has 0 spiro atoms. The number of carbonyl (C=O) groups is 1. The molecule has 7 heteroatoms. The van der Waals surface area contributed by atoms with Crippen molar-refractivity contribution in [1.29, 1.82) is 0 Å². The highest BCUT2D eigenvalue weighted by Gasteiger charge is 2.10. The molecule has 0 heterocycles. The molecular formula is C17H16I2N2O3. The van der Waals surface area contributed by atoms with Crippen molar-refractivity contribution in [3.05, 3.63) is 54.7 Å². The van der Waals surface area contributed by atoms with Gasteiger partial charge in [0, 0.05) is 9.13 Å². The van der Waals surface area contributed by atoms with Crippen LogP contribution in [-0.4, -0.2) is 25.8 Å². The van der Waals surface area contributed by atoms with E-state index in [1.807, 2.05) is 31.2 Å². The molecule has 0 aliphatic heterocycles. The second kappa shape index (κ2) is 9.21. The van der Waals surface area contributed by atoms with Crippen LogP contribution in [0.25, 0.3) is 0 Å². The van der Waals surface area contributed by atoms with Crippen LogP contribution >= 0.6 is 45.2 Å². The quantitative estimate of drug-likeness (QED) is 0.336. The number of carbonyl (C=O) groups excluding carboxylic acids is 1. The van der Waals surface area contributed by atoms with Crippen molar-refractivity contribution in [3.63, 3.8) is 0 Å². The molecule has 24 heavy (non-hydrogen) atoms. The number of halogens is 2. The summed E-state index contributed by atoms with van der Waals surface area (Å²) in [6.07, 6.45) is 1.58. The van der Waals surface area contributed by atoms with Gasteiger partial charge in [0.1, 0.15) is 0 Å². The fourth-order valence-electron chi connectivity index (χ4n) is 1.98. The molecule has 2 aromatic rings. The number of benzene rings is 2. The summed E-state index contributed by atoms with van der Waals surface area (Å²) >= 11 is 4.34. The summed E-state index contributed by atoms with van der Waals surface area (Å²) in [5.41, 5.74) is 3.91. The van der Waals surface area contributed by atoms with E-state index in [1.165, 1.54) is 0 Å². The molecule has 0 unspecified atom stereocenters. The van der Waals surface area contributed by atoms with Crippen LogP contribution in [0, 0.1) is 7.14 Å². The lowest BCUT2D eigenvalue weighted by Gasteiger charge is -2.11. The average Bonchev–Trinajstić information content (AvgIpc) is 2.55. The minimum absolute atomic E-state index is 0.252. The van der Waals surface area contributed by atoms with Gasteiger partial charge >= 0.3 is 0 Å². The molecule has 0 saturated heterocycles. The maximum absolute atomic E-state index is 12.0. The van der Waals surface area contributed by atoms with E-state index in [2.05, 4.69) is 55.7 Å². The first-order valence-electron chi connectivity index (χ1n) is 7.14. The predicted molar refractivity (Wildman–Crippen MR) is 111 cm³/mol. The van der Waals surface area contributed by atoms with Crippen molar-refractivity contribution in [2.45, 2.75) is 6.92 Å². The van der Waals surface area contributed by atoms with Crippen LogP contribution < -0.4 is 14.9 Å². The Hall–Kier alpha value is -1.36. The van der Waals surface area contributed by atoms with Crippen molar-refractivity contribution in [3.8, 4) is 11.5 Å². The fourth-order valence-corrected chi connectivity index (χ4v) is 3.37. The lowest BCUT2D eigenvalue weighted by atomic mass is 10.2. The lowest BCUT2D eigenvalue weighted by Crippen LogP contribution is -2.17. The third-order valence-electron chi connectivity index (χ3n) is 3.00. The van der Waals surface area contributed by atoms with E-state index in [0.717, 1.165) is 12.7 Å². The van der Waals surface area contributed by atoms with E-state index in [0.29, 0.717) is 23.7 Å². The zero-order valence-electron chi connectivity index (χ0n) is 13.2. The van der Waals surface area contributed by atoms with E-state index in [1.54, 1.807) is 25.5 Å². The zero-order valence-corrected chi connectivity index (χ0v) is 17.5. The number of amides is 1. The third-order valence-corrected chi connectivity index (χ3v) is 4.47. The Labute approximate surface area is 168 Å². The molecule has 0 saturated carbocycles. The second-order valence-corrected chi connectivity index (χ2v) is 7.08. The monoisotopic (exact) mass is 550 g/mol. The molecule has 1 amide bonds. The molecule has 0 bridgehead atoms. The molecule has 2 aromatic carbocycles. The highest BCUT2D eigenvalue weighted by Crippen LogP contribution is 2.33. The number of nitrogens with one attached hydrogen (secondary N) is 1. The largest absolute Gasteiger partial charge is 0.492 e. The number of hydrogen-bond donors (Lipinski definition) is 1. The molecule has 2 rings (SSSR count). The Bertz CT molecular complexity index is 763. The van der Waals surface area contributed by atoms with Crippen LogP contribution in [-0.2, 0) is 0 Å². The molecule has 0 aliphatic carbocycles. The van der Waals surface area contributed by atoms with Crippen molar-refractivity contribution in [2.24, 2.45) is 5.10 Å². The minimum atomic E-state index is -0.252. The summed E-state index contributed by atoms with van der Waals surface area (Å²) in [6.45, 7) is 2.45. The average molecular weight is 550 g/mol. The molecular weight excluding hydrogens is 534 g/mol. The molecule has 126 valence electrons. The Morgan fingerprint density at radius 1 is 1.29 bits per heavy atom. The molecule has 5 nitrogen and oxygen atoms in total. The summed E-state index contributed by atoms with van der Waals surface area (Å²) in [6, 6.07) is 11.0. The van der Waals surface area contributed by atoms with Crippen LogP contribution in [0.1, 0.15) is 22.8 Å². The van der Waals surface area contributed by atoms with E-state index in [4.69, 9.17) is 9.47 Å². The van der Waals surface area contributed by atoms with E-state index in [-0.39, 0.29) is 5.91 Å². The Kier molecular flexibility index (Phi) is 7.28. The first-order chi connectivity index (χ1) is 11.5. The third kappa shape index (κ3) is 5.07. The Morgan fingerprint density at radius 2 is 2.08 bits per heavy atom. The smallest absolute Gasteiger partial charge is 0.271 e. The topological polar surface area (TPSA) is 59.9 Å². The van der Waals surface area contributed by atoms with Crippen LogP contribution in [0.4, 0.5) is 0 Å². The molecule has 0 atom stereocenters. The number of nitrogens with zero attached hydrogens (tertiary/aromatic N) is 1. The van der Waals surface area contributed by atoms with Crippen molar-refractivity contribution >= 4 is 57.3 Å². The maximum atomic E-state index is 12.0. The number of hydrogen-bond acceptors (Lipinski definition) is 4. The van der Waals surface area contributed by atoms with Crippen molar-refractivity contribution in [1.82, 2.24) is 5.43 Å². The lowest BCUT2D eigenvalue weighted by molar-refractivity contribution is 0.0955. The first-order valence-corrected chi connectivity index (χ1v) is 9.30.